The molecule has 6 nitrogen and oxygen atoms in total. The van der Waals surface area contributed by atoms with Crippen LogP contribution in [0.3, 0.4) is 0 Å². The van der Waals surface area contributed by atoms with Gasteiger partial charge in [-0.1, -0.05) is 48.5 Å². The minimum atomic E-state index is -0.360. The number of nitrogens with zero attached hydrogens (tertiary/aromatic N) is 2. The number of aryl methyl sites for hydroxylation is 1. The third-order valence-electron chi connectivity index (χ3n) is 5.78. The zero-order valence-corrected chi connectivity index (χ0v) is 20.3. The maximum Gasteiger partial charge on any atom is 0.274 e. The van der Waals surface area contributed by atoms with Crippen molar-refractivity contribution in [2.45, 2.75) is 13.5 Å². The summed E-state index contributed by atoms with van der Waals surface area (Å²) in [6, 6.07) is 20.6. The van der Waals surface area contributed by atoms with Crippen LogP contribution in [0, 0.1) is 12.7 Å². The van der Waals surface area contributed by atoms with E-state index in [-0.39, 0.29) is 23.8 Å². The van der Waals surface area contributed by atoms with E-state index in [4.69, 9.17) is 4.74 Å². The van der Waals surface area contributed by atoms with E-state index in [1.807, 2.05) is 37.3 Å². The van der Waals surface area contributed by atoms with Crippen molar-refractivity contribution in [3.8, 4) is 16.9 Å². The molecule has 182 valence electrons. The Balaban J connectivity index is 1.87. The summed E-state index contributed by atoms with van der Waals surface area (Å²) in [6.07, 6.45) is 3.39. The van der Waals surface area contributed by atoms with Crippen molar-refractivity contribution in [1.29, 1.82) is 0 Å². The van der Waals surface area contributed by atoms with Crippen LogP contribution in [0.2, 0.25) is 0 Å². The number of nitrogens with one attached hydrogen (secondary N) is 1. The minimum Gasteiger partial charge on any atom is -0.496 e. The van der Waals surface area contributed by atoms with Crippen LogP contribution in [-0.4, -0.2) is 29.8 Å². The van der Waals surface area contributed by atoms with Gasteiger partial charge >= 0.3 is 0 Å². The lowest BCUT2D eigenvalue weighted by molar-refractivity contribution is 0.0963. The Bertz CT molecular complexity index is 1510. The van der Waals surface area contributed by atoms with E-state index in [0.717, 1.165) is 11.1 Å². The van der Waals surface area contributed by atoms with Crippen molar-refractivity contribution in [3.63, 3.8) is 0 Å². The standard InChI is InChI=1S/C29H26FN3O3/c1-19-27(24-12-4-5-13-26(24)36-3)25(15-14-20-8-7-11-23(30)17-20)29(35)33(32-19)18-21-9-6-10-22(16-21)28(34)31-2/h4-17H,18H2,1-3H3,(H,31,34)/b15-14+. The highest BCUT2D eigenvalue weighted by molar-refractivity contribution is 5.94. The molecule has 0 bridgehead atoms. The summed E-state index contributed by atoms with van der Waals surface area (Å²) in [5.41, 5.74) is 3.96. The van der Waals surface area contributed by atoms with E-state index < -0.39 is 0 Å². The fraction of sp³-hybridized carbons (Fsp3) is 0.138. The number of methoxy groups -OCH3 is 1. The highest BCUT2D eigenvalue weighted by atomic mass is 19.1. The highest BCUT2D eigenvalue weighted by Gasteiger charge is 2.18. The normalized spacial score (nSPS) is 11.0. The Hall–Kier alpha value is -4.52. The molecule has 0 atom stereocenters. The molecule has 4 aromatic rings. The number of aromatic nitrogens is 2. The number of amides is 1. The molecule has 0 aliphatic carbocycles. The van der Waals surface area contributed by atoms with Crippen molar-refractivity contribution in [3.05, 3.63) is 117 Å². The molecule has 0 unspecified atom stereocenters. The summed E-state index contributed by atoms with van der Waals surface area (Å²) in [4.78, 5) is 25.8. The molecule has 0 aliphatic rings. The van der Waals surface area contributed by atoms with Gasteiger partial charge in [0.15, 0.2) is 0 Å². The second-order valence-corrected chi connectivity index (χ2v) is 8.21. The Labute approximate surface area is 208 Å². The van der Waals surface area contributed by atoms with Crippen molar-refractivity contribution in [2.75, 3.05) is 14.2 Å². The molecular weight excluding hydrogens is 457 g/mol. The van der Waals surface area contributed by atoms with Crippen LogP contribution >= 0.6 is 0 Å². The minimum absolute atomic E-state index is 0.178. The Morgan fingerprint density at radius 1 is 1.06 bits per heavy atom. The summed E-state index contributed by atoms with van der Waals surface area (Å²) in [6.45, 7) is 2.01. The molecule has 0 spiro atoms. The van der Waals surface area contributed by atoms with Gasteiger partial charge in [-0.15, -0.1) is 0 Å². The molecule has 0 radical (unpaired) electrons. The summed E-state index contributed by atoms with van der Waals surface area (Å²) < 4.78 is 20.7. The molecule has 1 N–H and O–H groups in total. The summed E-state index contributed by atoms with van der Waals surface area (Å²) >= 11 is 0. The van der Waals surface area contributed by atoms with Crippen LogP contribution in [0.25, 0.3) is 23.3 Å². The summed E-state index contributed by atoms with van der Waals surface area (Å²) in [7, 11) is 3.14. The van der Waals surface area contributed by atoms with Gasteiger partial charge in [-0.2, -0.15) is 5.10 Å². The second kappa shape index (κ2) is 10.8. The van der Waals surface area contributed by atoms with Crippen LogP contribution in [0.15, 0.2) is 77.6 Å². The highest BCUT2D eigenvalue weighted by Crippen LogP contribution is 2.33. The summed E-state index contributed by atoms with van der Waals surface area (Å²) in [5.74, 6) is 0.0400. The molecular formula is C29H26FN3O3. The quantitative estimate of drug-likeness (QED) is 0.404. The average Bonchev–Trinajstić information content (AvgIpc) is 2.89. The lowest BCUT2D eigenvalue weighted by Crippen LogP contribution is -2.27. The van der Waals surface area contributed by atoms with Gasteiger partial charge in [0.2, 0.25) is 0 Å². The Kier molecular flexibility index (Phi) is 7.39. The molecule has 0 fully saturated rings. The van der Waals surface area contributed by atoms with Crippen molar-refractivity contribution in [2.24, 2.45) is 0 Å². The van der Waals surface area contributed by atoms with Crippen LogP contribution in [-0.2, 0) is 6.54 Å². The van der Waals surface area contributed by atoms with E-state index in [1.165, 1.54) is 16.8 Å². The monoisotopic (exact) mass is 483 g/mol. The molecule has 1 heterocycles. The van der Waals surface area contributed by atoms with Gasteiger partial charge in [0.05, 0.1) is 24.9 Å². The second-order valence-electron chi connectivity index (χ2n) is 8.21. The van der Waals surface area contributed by atoms with E-state index in [2.05, 4.69) is 10.4 Å². The van der Waals surface area contributed by atoms with Crippen molar-refractivity contribution in [1.82, 2.24) is 15.1 Å². The number of hydrogen-bond acceptors (Lipinski definition) is 4. The predicted molar refractivity (Wildman–Crippen MR) is 139 cm³/mol. The average molecular weight is 484 g/mol. The van der Waals surface area contributed by atoms with Crippen molar-refractivity contribution >= 4 is 18.1 Å². The number of rotatable bonds is 7. The fourth-order valence-corrected chi connectivity index (χ4v) is 4.09. The maximum atomic E-state index is 13.7. The Morgan fingerprint density at radius 3 is 2.58 bits per heavy atom. The largest absolute Gasteiger partial charge is 0.496 e. The van der Waals surface area contributed by atoms with Crippen LogP contribution in [0.5, 0.6) is 5.75 Å². The van der Waals surface area contributed by atoms with Gasteiger partial charge in [-0.05, 0) is 54.5 Å². The maximum absolute atomic E-state index is 13.7. The zero-order chi connectivity index (χ0) is 25.7. The Morgan fingerprint density at radius 2 is 1.83 bits per heavy atom. The molecule has 0 aliphatic heterocycles. The van der Waals surface area contributed by atoms with Crippen molar-refractivity contribution < 1.29 is 13.9 Å². The topological polar surface area (TPSA) is 73.2 Å². The van der Waals surface area contributed by atoms with E-state index in [9.17, 15) is 14.0 Å². The summed E-state index contributed by atoms with van der Waals surface area (Å²) in [5, 5.41) is 7.20. The van der Waals surface area contributed by atoms with Gasteiger partial charge in [0, 0.05) is 23.7 Å². The number of hydrogen-bond donors (Lipinski definition) is 1. The third kappa shape index (κ3) is 5.25. The molecule has 7 heteroatoms. The number of carbonyl (C=O) groups is 1. The van der Waals surface area contributed by atoms with E-state index in [0.29, 0.717) is 33.7 Å². The first-order valence-electron chi connectivity index (χ1n) is 11.4. The molecule has 3 aromatic carbocycles. The number of para-hydroxylation sites is 1. The molecule has 1 aromatic heterocycles. The first kappa shape index (κ1) is 24.6. The smallest absolute Gasteiger partial charge is 0.274 e. The van der Waals surface area contributed by atoms with Gasteiger partial charge < -0.3 is 10.1 Å². The van der Waals surface area contributed by atoms with Gasteiger partial charge in [-0.25, -0.2) is 9.07 Å². The number of ether oxygens (including phenoxy) is 1. The van der Waals surface area contributed by atoms with Gasteiger partial charge in [0.1, 0.15) is 11.6 Å². The van der Waals surface area contributed by atoms with E-state index in [1.54, 1.807) is 56.6 Å². The third-order valence-corrected chi connectivity index (χ3v) is 5.78. The molecule has 0 saturated carbocycles. The molecule has 0 saturated heterocycles. The van der Waals surface area contributed by atoms with Crippen LogP contribution in [0.4, 0.5) is 4.39 Å². The molecule has 36 heavy (non-hydrogen) atoms. The van der Waals surface area contributed by atoms with Gasteiger partial charge in [-0.3, -0.25) is 9.59 Å². The SMILES string of the molecule is CNC(=O)c1cccc(Cn2nc(C)c(-c3ccccc3OC)c(/C=C/c3cccc(F)c3)c2=O)c1. The first-order valence-corrected chi connectivity index (χ1v) is 11.4. The van der Waals surface area contributed by atoms with Crippen LogP contribution < -0.4 is 15.6 Å². The zero-order valence-electron chi connectivity index (χ0n) is 20.3. The lowest BCUT2D eigenvalue weighted by atomic mass is 9.97. The first-order chi connectivity index (χ1) is 17.4. The molecule has 4 rings (SSSR count). The molecule has 1 amide bonds. The number of carbonyl (C=O) groups excluding carboxylic acids is 1. The number of halogens is 1. The van der Waals surface area contributed by atoms with Crippen LogP contribution in [0.1, 0.15) is 32.7 Å². The van der Waals surface area contributed by atoms with Gasteiger partial charge in [0.25, 0.3) is 11.5 Å². The number of benzene rings is 3. The fourth-order valence-electron chi connectivity index (χ4n) is 4.09. The predicted octanol–water partition coefficient (Wildman–Crippen LogP) is 4.94. The van der Waals surface area contributed by atoms with E-state index >= 15 is 0 Å². The lowest BCUT2D eigenvalue weighted by Gasteiger charge is -2.16.